The van der Waals surface area contributed by atoms with Crippen LogP contribution in [0.15, 0.2) is 24.3 Å². The smallest absolute Gasteiger partial charge is 0.218 e. The Morgan fingerprint density at radius 2 is 1.94 bits per heavy atom. The third-order valence-electron chi connectivity index (χ3n) is 2.74. The quantitative estimate of drug-likeness (QED) is 0.711. The number of nitrogens with two attached hydrogens (primary N) is 1. The first-order valence-corrected chi connectivity index (χ1v) is 5.88. The summed E-state index contributed by atoms with van der Waals surface area (Å²) in [5.41, 5.74) is 5.72. The van der Waals surface area contributed by atoms with E-state index < -0.39 is 12.0 Å². The number of benzene rings is 1. The van der Waals surface area contributed by atoms with E-state index in [2.05, 4.69) is 5.32 Å². The summed E-state index contributed by atoms with van der Waals surface area (Å²) in [4.78, 5) is 10.7. The number of carbonyl (C=O) groups excluding carboxylic acids is 1. The van der Waals surface area contributed by atoms with Crippen LogP contribution >= 0.6 is 0 Å². The largest absolute Gasteiger partial charge is 0.387 e. The minimum Gasteiger partial charge on any atom is -0.387 e. The first kappa shape index (κ1) is 14.6. The number of aliphatic hydroxyl groups is 1. The fourth-order valence-electron chi connectivity index (χ4n) is 1.85. The molecule has 0 spiro atoms. The summed E-state index contributed by atoms with van der Waals surface area (Å²) in [5.74, 6) is -0.730. The zero-order valence-electron chi connectivity index (χ0n) is 10.6. The molecule has 1 rings (SSSR count). The second kappa shape index (κ2) is 6.47. The van der Waals surface area contributed by atoms with Gasteiger partial charge in [-0.05, 0) is 31.5 Å². The lowest BCUT2D eigenvalue weighted by atomic mass is 10.0. The van der Waals surface area contributed by atoms with Gasteiger partial charge in [-0.25, -0.2) is 4.39 Å². The highest BCUT2D eigenvalue weighted by molar-refractivity contribution is 5.74. The van der Waals surface area contributed by atoms with Gasteiger partial charge in [0.05, 0.1) is 6.10 Å². The van der Waals surface area contributed by atoms with Gasteiger partial charge in [-0.1, -0.05) is 12.1 Å². The Morgan fingerprint density at radius 3 is 2.44 bits per heavy atom. The van der Waals surface area contributed by atoms with Crippen molar-refractivity contribution in [2.24, 2.45) is 5.73 Å². The van der Waals surface area contributed by atoms with Gasteiger partial charge in [-0.3, -0.25) is 4.79 Å². The van der Waals surface area contributed by atoms with E-state index in [0.29, 0.717) is 5.56 Å². The lowest BCUT2D eigenvalue weighted by Crippen LogP contribution is -2.40. The van der Waals surface area contributed by atoms with Crippen molar-refractivity contribution in [2.45, 2.75) is 38.5 Å². The van der Waals surface area contributed by atoms with Gasteiger partial charge >= 0.3 is 0 Å². The van der Waals surface area contributed by atoms with Crippen LogP contribution in [-0.2, 0) is 4.79 Å². The highest BCUT2D eigenvalue weighted by Crippen LogP contribution is 2.17. The molecule has 4 nitrogen and oxygen atoms in total. The van der Waals surface area contributed by atoms with Gasteiger partial charge in [-0.2, -0.15) is 0 Å². The molecule has 0 aromatic heterocycles. The second-order valence-corrected chi connectivity index (χ2v) is 4.52. The number of halogens is 1. The first-order chi connectivity index (χ1) is 8.40. The summed E-state index contributed by atoms with van der Waals surface area (Å²) in [6.45, 7) is 3.62. The summed E-state index contributed by atoms with van der Waals surface area (Å²) < 4.78 is 12.8. The Kier molecular flexibility index (Phi) is 5.25. The predicted molar refractivity (Wildman–Crippen MR) is 67.2 cm³/mol. The van der Waals surface area contributed by atoms with Crippen LogP contribution in [0.4, 0.5) is 4.39 Å². The maximum Gasteiger partial charge on any atom is 0.218 e. The van der Waals surface area contributed by atoms with Crippen molar-refractivity contribution in [3.05, 3.63) is 35.6 Å². The molecular formula is C13H19FN2O2. The fraction of sp³-hybridized carbons (Fsp3) is 0.462. The minimum absolute atomic E-state index is 0.118. The minimum atomic E-state index is -0.763. The molecule has 0 fully saturated rings. The molecule has 0 aliphatic carbocycles. The van der Waals surface area contributed by atoms with Crippen molar-refractivity contribution in [3.63, 3.8) is 0 Å². The number of primary amides is 1. The molecule has 1 amide bonds. The Balaban J connectivity index is 2.58. The molecule has 1 aromatic carbocycles. The molecule has 0 saturated carbocycles. The number of rotatable bonds is 6. The molecule has 0 radical (unpaired) electrons. The van der Waals surface area contributed by atoms with E-state index in [0.717, 1.165) is 0 Å². The standard InChI is InChI=1S/C13H19FN2O2/c1-8(7-12(15)17)16-9(2)13(18)10-3-5-11(14)6-4-10/h3-6,8-9,13,16,18H,7H2,1-2H3,(H2,15,17). The van der Waals surface area contributed by atoms with Gasteiger partial charge in [0.2, 0.25) is 5.91 Å². The van der Waals surface area contributed by atoms with Crippen LogP contribution in [0.5, 0.6) is 0 Å². The van der Waals surface area contributed by atoms with Crippen LogP contribution in [-0.4, -0.2) is 23.1 Å². The lowest BCUT2D eigenvalue weighted by molar-refractivity contribution is -0.118. The highest BCUT2D eigenvalue weighted by atomic mass is 19.1. The Hall–Kier alpha value is -1.46. The zero-order chi connectivity index (χ0) is 13.7. The number of aliphatic hydroxyl groups excluding tert-OH is 1. The zero-order valence-corrected chi connectivity index (χ0v) is 10.6. The maximum atomic E-state index is 12.8. The molecule has 0 aliphatic heterocycles. The SMILES string of the molecule is CC(CC(N)=O)NC(C)C(O)c1ccc(F)cc1. The maximum absolute atomic E-state index is 12.8. The Labute approximate surface area is 106 Å². The van der Waals surface area contributed by atoms with Gasteiger partial charge < -0.3 is 16.2 Å². The number of amides is 1. The van der Waals surface area contributed by atoms with E-state index >= 15 is 0 Å². The van der Waals surface area contributed by atoms with Crippen molar-refractivity contribution in [2.75, 3.05) is 0 Å². The monoisotopic (exact) mass is 254 g/mol. The highest BCUT2D eigenvalue weighted by Gasteiger charge is 2.18. The number of carbonyl (C=O) groups is 1. The van der Waals surface area contributed by atoms with Crippen molar-refractivity contribution in [1.29, 1.82) is 0 Å². The van der Waals surface area contributed by atoms with Crippen molar-refractivity contribution in [1.82, 2.24) is 5.32 Å². The van der Waals surface area contributed by atoms with E-state index in [4.69, 9.17) is 5.73 Å². The fourth-order valence-corrected chi connectivity index (χ4v) is 1.85. The van der Waals surface area contributed by atoms with Crippen molar-refractivity contribution in [3.8, 4) is 0 Å². The second-order valence-electron chi connectivity index (χ2n) is 4.52. The molecule has 0 heterocycles. The van der Waals surface area contributed by atoms with Gasteiger partial charge in [0, 0.05) is 18.5 Å². The van der Waals surface area contributed by atoms with Crippen LogP contribution in [0.1, 0.15) is 31.9 Å². The molecule has 0 saturated heterocycles. The normalized spacial score (nSPS) is 16.0. The summed E-state index contributed by atoms with van der Waals surface area (Å²) in [6, 6.07) is 5.31. The summed E-state index contributed by atoms with van der Waals surface area (Å²) >= 11 is 0. The van der Waals surface area contributed by atoms with Gasteiger partial charge in [0.1, 0.15) is 5.82 Å². The Bertz CT molecular complexity index is 394. The molecule has 0 bridgehead atoms. The number of hydrogen-bond donors (Lipinski definition) is 3. The van der Waals surface area contributed by atoms with Crippen LogP contribution in [0, 0.1) is 5.82 Å². The molecule has 1 aromatic rings. The number of hydrogen-bond acceptors (Lipinski definition) is 3. The molecule has 0 aliphatic rings. The molecule has 3 atom stereocenters. The summed E-state index contributed by atoms with van der Waals surface area (Å²) in [7, 11) is 0. The van der Waals surface area contributed by atoms with E-state index in [1.54, 1.807) is 6.92 Å². The van der Waals surface area contributed by atoms with Crippen LogP contribution < -0.4 is 11.1 Å². The average molecular weight is 254 g/mol. The molecule has 3 unspecified atom stereocenters. The molecule has 18 heavy (non-hydrogen) atoms. The third kappa shape index (κ3) is 4.43. The van der Waals surface area contributed by atoms with Crippen LogP contribution in [0.2, 0.25) is 0 Å². The van der Waals surface area contributed by atoms with E-state index in [9.17, 15) is 14.3 Å². The van der Waals surface area contributed by atoms with Gasteiger partial charge in [-0.15, -0.1) is 0 Å². The van der Waals surface area contributed by atoms with Crippen molar-refractivity contribution < 1.29 is 14.3 Å². The first-order valence-electron chi connectivity index (χ1n) is 5.88. The lowest BCUT2D eigenvalue weighted by Gasteiger charge is -2.24. The third-order valence-corrected chi connectivity index (χ3v) is 2.74. The summed E-state index contributed by atoms with van der Waals surface area (Å²) in [6.07, 6.45) is -0.554. The van der Waals surface area contributed by atoms with E-state index in [1.807, 2.05) is 6.92 Å². The van der Waals surface area contributed by atoms with E-state index in [1.165, 1.54) is 24.3 Å². The Morgan fingerprint density at radius 1 is 1.39 bits per heavy atom. The predicted octanol–water partition coefficient (Wildman–Crippen LogP) is 1.10. The van der Waals surface area contributed by atoms with Crippen LogP contribution in [0.3, 0.4) is 0 Å². The van der Waals surface area contributed by atoms with Crippen LogP contribution in [0.25, 0.3) is 0 Å². The topological polar surface area (TPSA) is 75.4 Å². The summed E-state index contributed by atoms with van der Waals surface area (Å²) in [5, 5.41) is 13.1. The average Bonchev–Trinajstić information content (AvgIpc) is 2.27. The van der Waals surface area contributed by atoms with E-state index in [-0.39, 0.29) is 24.3 Å². The van der Waals surface area contributed by atoms with Gasteiger partial charge in [0.15, 0.2) is 0 Å². The number of nitrogens with one attached hydrogen (secondary N) is 1. The van der Waals surface area contributed by atoms with Crippen molar-refractivity contribution >= 4 is 5.91 Å². The molecule has 4 N–H and O–H groups in total. The van der Waals surface area contributed by atoms with Gasteiger partial charge in [0.25, 0.3) is 0 Å². The molecule has 5 heteroatoms. The molecular weight excluding hydrogens is 235 g/mol. The molecule has 100 valence electrons.